The molecule has 19 heavy (non-hydrogen) atoms. The number of halogens is 2. The van der Waals surface area contributed by atoms with Crippen molar-refractivity contribution in [3.05, 3.63) is 54.9 Å². The van der Waals surface area contributed by atoms with E-state index in [9.17, 15) is 8.78 Å². The number of rotatable bonds is 3. The number of benzene rings is 1. The highest BCUT2D eigenvalue weighted by atomic mass is 19.3. The molecule has 0 aliphatic carbocycles. The summed E-state index contributed by atoms with van der Waals surface area (Å²) in [6, 6.07) is 12.4. The van der Waals surface area contributed by atoms with Gasteiger partial charge in [-0.1, -0.05) is 12.1 Å². The van der Waals surface area contributed by atoms with Crippen LogP contribution in [-0.4, -0.2) is 16.2 Å². The lowest BCUT2D eigenvalue weighted by molar-refractivity contribution is -0.0498. The Kier molecular flexibility index (Phi) is 2.87. The van der Waals surface area contributed by atoms with Gasteiger partial charge in [-0.25, -0.2) is 4.52 Å². The zero-order valence-electron chi connectivity index (χ0n) is 9.83. The molecule has 2 heterocycles. The topological polar surface area (TPSA) is 26.5 Å². The second kappa shape index (κ2) is 4.68. The first-order chi connectivity index (χ1) is 9.22. The van der Waals surface area contributed by atoms with E-state index < -0.39 is 6.61 Å². The highest BCUT2D eigenvalue weighted by molar-refractivity contribution is 5.69. The van der Waals surface area contributed by atoms with Crippen LogP contribution in [0.2, 0.25) is 0 Å². The summed E-state index contributed by atoms with van der Waals surface area (Å²) < 4.78 is 30.2. The second-order valence-electron chi connectivity index (χ2n) is 4.02. The maximum absolute atomic E-state index is 12.1. The molecule has 1 aromatic carbocycles. The van der Waals surface area contributed by atoms with E-state index in [4.69, 9.17) is 0 Å². The first kappa shape index (κ1) is 11.6. The van der Waals surface area contributed by atoms with Gasteiger partial charge in [0.05, 0.1) is 5.52 Å². The summed E-state index contributed by atoms with van der Waals surface area (Å²) in [7, 11) is 0. The molecular formula is C14H10F2N2O. The van der Waals surface area contributed by atoms with E-state index in [0.29, 0.717) is 0 Å². The van der Waals surface area contributed by atoms with Crippen molar-refractivity contribution in [2.24, 2.45) is 0 Å². The van der Waals surface area contributed by atoms with Gasteiger partial charge in [-0.05, 0) is 41.5 Å². The van der Waals surface area contributed by atoms with E-state index in [1.807, 2.05) is 24.4 Å². The van der Waals surface area contributed by atoms with E-state index in [1.165, 1.54) is 12.1 Å². The van der Waals surface area contributed by atoms with Gasteiger partial charge in [0, 0.05) is 12.4 Å². The van der Waals surface area contributed by atoms with Gasteiger partial charge in [0.1, 0.15) is 5.75 Å². The molecule has 0 aliphatic heterocycles. The Morgan fingerprint density at radius 2 is 1.79 bits per heavy atom. The number of alkyl halides is 2. The number of hydrogen-bond donors (Lipinski definition) is 0. The molecule has 3 aromatic rings. The SMILES string of the molecule is FC(F)Oc1ccc(-c2ccn3nccc3c2)cc1. The molecule has 0 saturated carbocycles. The van der Waals surface area contributed by atoms with Crippen LogP contribution in [0.5, 0.6) is 5.75 Å². The standard InChI is InChI=1S/C14H10F2N2O/c15-14(16)19-13-3-1-10(2-4-13)11-6-8-18-12(9-11)5-7-17-18/h1-9,14H. The van der Waals surface area contributed by atoms with Gasteiger partial charge >= 0.3 is 6.61 Å². The predicted octanol–water partition coefficient (Wildman–Crippen LogP) is 3.60. The number of pyridine rings is 1. The fourth-order valence-corrected chi connectivity index (χ4v) is 1.93. The summed E-state index contributed by atoms with van der Waals surface area (Å²) in [6.45, 7) is -2.80. The Bertz CT molecular complexity index is 692. The maximum Gasteiger partial charge on any atom is 0.387 e. The Morgan fingerprint density at radius 3 is 2.53 bits per heavy atom. The molecule has 0 bridgehead atoms. The van der Waals surface area contributed by atoms with Crippen molar-refractivity contribution in [1.82, 2.24) is 9.61 Å². The Balaban J connectivity index is 1.92. The zero-order valence-corrected chi connectivity index (χ0v) is 9.83. The highest BCUT2D eigenvalue weighted by Gasteiger charge is 2.05. The number of hydrogen-bond acceptors (Lipinski definition) is 2. The quantitative estimate of drug-likeness (QED) is 0.719. The van der Waals surface area contributed by atoms with Crippen LogP contribution in [-0.2, 0) is 0 Å². The normalized spacial score (nSPS) is 11.1. The lowest BCUT2D eigenvalue weighted by atomic mass is 10.1. The predicted molar refractivity (Wildman–Crippen MR) is 67.3 cm³/mol. The third-order valence-electron chi connectivity index (χ3n) is 2.81. The third-order valence-corrected chi connectivity index (χ3v) is 2.81. The Labute approximate surface area is 108 Å². The van der Waals surface area contributed by atoms with Crippen molar-refractivity contribution >= 4 is 5.52 Å². The van der Waals surface area contributed by atoms with Crippen molar-refractivity contribution in [1.29, 1.82) is 0 Å². The van der Waals surface area contributed by atoms with Crippen molar-refractivity contribution in [2.75, 3.05) is 0 Å². The summed E-state index contributed by atoms with van der Waals surface area (Å²) in [5.41, 5.74) is 2.91. The average molecular weight is 260 g/mol. The summed E-state index contributed by atoms with van der Waals surface area (Å²) in [4.78, 5) is 0. The van der Waals surface area contributed by atoms with Crippen LogP contribution in [0.1, 0.15) is 0 Å². The molecule has 0 N–H and O–H groups in total. The molecule has 3 nitrogen and oxygen atoms in total. The smallest absolute Gasteiger partial charge is 0.387 e. The number of nitrogens with zero attached hydrogens (tertiary/aromatic N) is 2. The third kappa shape index (κ3) is 2.40. The number of fused-ring (bicyclic) bond motifs is 1. The first-order valence-corrected chi connectivity index (χ1v) is 5.71. The molecule has 0 spiro atoms. The number of ether oxygens (including phenoxy) is 1. The average Bonchev–Trinajstić information content (AvgIpc) is 2.86. The van der Waals surface area contributed by atoms with Gasteiger partial charge in [-0.15, -0.1) is 0 Å². The molecule has 0 saturated heterocycles. The van der Waals surface area contributed by atoms with Gasteiger partial charge in [0.2, 0.25) is 0 Å². The Hall–Kier alpha value is -2.43. The van der Waals surface area contributed by atoms with Crippen molar-refractivity contribution in [3.63, 3.8) is 0 Å². The zero-order chi connectivity index (χ0) is 13.2. The number of aromatic nitrogens is 2. The minimum atomic E-state index is -2.80. The lowest BCUT2D eigenvalue weighted by Crippen LogP contribution is -2.01. The van der Waals surface area contributed by atoms with E-state index in [1.54, 1.807) is 22.8 Å². The molecule has 0 fully saturated rings. The fourth-order valence-electron chi connectivity index (χ4n) is 1.93. The summed E-state index contributed by atoms with van der Waals surface area (Å²) in [5, 5.41) is 4.11. The minimum Gasteiger partial charge on any atom is -0.435 e. The largest absolute Gasteiger partial charge is 0.435 e. The van der Waals surface area contributed by atoms with E-state index in [-0.39, 0.29) is 5.75 Å². The minimum absolute atomic E-state index is 0.157. The van der Waals surface area contributed by atoms with Crippen LogP contribution >= 0.6 is 0 Å². The van der Waals surface area contributed by atoms with Gasteiger partial charge in [0.15, 0.2) is 0 Å². The molecule has 2 aromatic heterocycles. The second-order valence-corrected chi connectivity index (χ2v) is 4.02. The molecule has 96 valence electrons. The summed E-state index contributed by atoms with van der Waals surface area (Å²) in [5.74, 6) is 0.157. The van der Waals surface area contributed by atoms with E-state index in [0.717, 1.165) is 16.6 Å². The van der Waals surface area contributed by atoms with E-state index in [2.05, 4.69) is 9.84 Å². The van der Waals surface area contributed by atoms with Crippen LogP contribution in [0, 0.1) is 0 Å². The van der Waals surface area contributed by atoms with E-state index >= 15 is 0 Å². The van der Waals surface area contributed by atoms with Gasteiger partial charge < -0.3 is 4.74 Å². The molecule has 0 aliphatic rings. The summed E-state index contributed by atoms with van der Waals surface area (Å²) >= 11 is 0. The van der Waals surface area contributed by atoms with Crippen LogP contribution in [0.3, 0.4) is 0 Å². The van der Waals surface area contributed by atoms with Crippen molar-refractivity contribution < 1.29 is 13.5 Å². The molecule has 0 atom stereocenters. The monoisotopic (exact) mass is 260 g/mol. The van der Waals surface area contributed by atoms with Crippen LogP contribution in [0.4, 0.5) is 8.78 Å². The van der Waals surface area contributed by atoms with Crippen molar-refractivity contribution in [3.8, 4) is 16.9 Å². The van der Waals surface area contributed by atoms with Gasteiger partial charge in [0.25, 0.3) is 0 Å². The highest BCUT2D eigenvalue weighted by Crippen LogP contribution is 2.24. The van der Waals surface area contributed by atoms with Gasteiger partial charge in [-0.3, -0.25) is 0 Å². The molecule has 0 unspecified atom stereocenters. The maximum atomic E-state index is 12.1. The summed E-state index contributed by atoms with van der Waals surface area (Å²) in [6.07, 6.45) is 3.58. The van der Waals surface area contributed by atoms with Gasteiger partial charge in [-0.2, -0.15) is 13.9 Å². The molecule has 5 heteroatoms. The van der Waals surface area contributed by atoms with Crippen LogP contribution in [0.15, 0.2) is 54.9 Å². The van der Waals surface area contributed by atoms with Crippen molar-refractivity contribution in [2.45, 2.75) is 6.61 Å². The fraction of sp³-hybridized carbons (Fsp3) is 0.0714. The molecule has 0 radical (unpaired) electrons. The Morgan fingerprint density at radius 1 is 1.00 bits per heavy atom. The first-order valence-electron chi connectivity index (χ1n) is 5.71. The van der Waals surface area contributed by atoms with Crippen LogP contribution < -0.4 is 4.74 Å². The van der Waals surface area contributed by atoms with Crippen LogP contribution in [0.25, 0.3) is 16.6 Å². The molecule has 0 amide bonds. The lowest BCUT2D eigenvalue weighted by Gasteiger charge is -2.06. The molecular weight excluding hydrogens is 250 g/mol. The molecule has 3 rings (SSSR count).